The molecule has 0 aromatic carbocycles. The molecule has 0 radical (unpaired) electrons. The molecule has 0 spiro atoms. The summed E-state index contributed by atoms with van der Waals surface area (Å²) < 4.78 is 1.97. The molecule has 2 rings (SSSR count). The number of carboxylic acids is 1. The molecule has 0 saturated carbocycles. The van der Waals surface area contributed by atoms with E-state index in [2.05, 4.69) is 30.7 Å². The molecule has 2 atom stereocenters. The first-order chi connectivity index (χ1) is 9.40. The summed E-state index contributed by atoms with van der Waals surface area (Å²) in [5.74, 6) is -0.719. The van der Waals surface area contributed by atoms with Gasteiger partial charge in [-0.05, 0) is 39.8 Å². The van der Waals surface area contributed by atoms with Crippen molar-refractivity contribution < 1.29 is 9.90 Å². The predicted octanol–water partition coefficient (Wildman–Crippen LogP) is 1.79. The van der Waals surface area contributed by atoms with Crippen LogP contribution in [0.4, 0.5) is 5.69 Å². The number of aliphatic carboxylic acids is 1. The Bertz CT molecular complexity index is 469. The number of nitrogens with zero attached hydrogens (tertiary/aromatic N) is 3. The Labute approximate surface area is 120 Å². The van der Waals surface area contributed by atoms with Gasteiger partial charge in [0.1, 0.15) is 6.04 Å². The number of hydrogen-bond donors (Lipinski definition) is 1. The van der Waals surface area contributed by atoms with Gasteiger partial charge in [0.25, 0.3) is 0 Å². The maximum atomic E-state index is 11.5. The van der Waals surface area contributed by atoms with Crippen LogP contribution < -0.4 is 4.90 Å². The SMILES string of the molecule is CC(C)N(C)C[C@H]1CC[C@@H](C(=O)O)N1c1ccn(C)c1. The van der Waals surface area contributed by atoms with Crippen molar-refractivity contribution in [3.8, 4) is 0 Å². The van der Waals surface area contributed by atoms with Crippen LogP contribution in [0.5, 0.6) is 0 Å². The van der Waals surface area contributed by atoms with Crippen molar-refractivity contribution in [1.82, 2.24) is 9.47 Å². The van der Waals surface area contributed by atoms with Crippen molar-refractivity contribution >= 4 is 11.7 Å². The number of hydrogen-bond acceptors (Lipinski definition) is 3. The van der Waals surface area contributed by atoms with E-state index >= 15 is 0 Å². The van der Waals surface area contributed by atoms with Gasteiger partial charge in [-0.3, -0.25) is 0 Å². The second kappa shape index (κ2) is 5.87. The van der Waals surface area contributed by atoms with Crippen molar-refractivity contribution in [2.45, 2.75) is 44.8 Å². The highest BCUT2D eigenvalue weighted by atomic mass is 16.4. The molecule has 1 N–H and O–H groups in total. The summed E-state index contributed by atoms with van der Waals surface area (Å²) in [7, 11) is 4.06. The monoisotopic (exact) mass is 279 g/mol. The number of aromatic nitrogens is 1. The van der Waals surface area contributed by atoms with Crippen LogP contribution in [-0.2, 0) is 11.8 Å². The van der Waals surface area contributed by atoms with Crippen LogP contribution in [0.3, 0.4) is 0 Å². The van der Waals surface area contributed by atoms with Crippen LogP contribution in [0.25, 0.3) is 0 Å². The van der Waals surface area contributed by atoms with E-state index in [-0.39, 0.29) is 6.04 Å². The Morgan fingerprint density at radius 2 is 2.20 bits per heavy atom. The van der Waals surface area contributed by atoms with Gasteiger partial charge in [-0.15, -0.1) is 0 Å². The summed E-state index contributed by atoms with van der Waals surface area (Å²) in [5.41, 5.74) is 1.01. The summed E-state index contributed by atoms with van der Waals surface area (Å²) in [5, 5.41) is 9.45. The first-order valence-electron chi connectivity index (χ1n) is 7.23. The van der Waals surface area contributed by atoms with Crippen LogP contribution in [0.15, 0.2) is 18.5 Å². The van der Waals surface area contributed by atoms with Gasteiger partial charge in [0, 0.05) is 38.1 Å². The minimum atomic E-state index is -0.719. The first-order valence-corrected chi connectivity index (χ1v) is 7.23. The lowest BCUT2D eigenvalue weighted by Crippen LogP contribution is -2.46. The fraction of sp³-hybridized carbons (Fsp3) is 0.667. The van der Waals surface area contributed by atoms with Crippen molar-refractivity contribution in [2.75, 3.05) is 18.5 Å². The van der Waals surface area contributed by atoms with E-state index < -0.39 is 12.0 Å². The summed E-state index contributed by atoms with van der Waals surface area (Å²) in [6.07, 6.45) is 5.63. The number of aryl methyl sites for hydroxylation is 1. The second-order valence-corrected chi connectivity index (χ2v) is 6.06. The van der Waals surface area contributed by atoms with E-state index in [9.17, 15) is 9.90 Å². The highest BCUT2D eigenvalue weighted by molar-refractivity contribution is 5.79. The van der Waals surface area contributed by atoms with Crippen molar-refractivity contribution in [1.29, 1.82) is 0 Å². The number of rotatable bonds is 5. The zero-order valence-electron chi connectivity index (χ0n) is 12.8. The zero-order valence-corrected chi connectivity index (χ0v) is 12.8. The minimum Gasteiger partial charge on any atom is -0.480 e. The largest absolute Gasteiger partial charge is 0.480 e. The lowest BCUT2D eigenvalue weighted by molar-refractivity contribution is -0.138. The minimum absolute atomic E-state index is 0.269. The van der Waals surface area contributed by atoms with E-state index in [4.69, 9.17) is 0 Å². The Balaban J connectivity index is 2.21. The lowest BCUT2D eigenvalue weighted by atomic mass is 10.2. The molecule has 1 aliphatic heterocycles. The molecule has 0 unspecified atom stereocenters. The van der Waals surface area contributed by atoms with E-state index in [0.717, 1.165) is 25.1 Å². The summed E-state index contributed by atoms with van der Waals surface area (Å²) in [6, 6.07) is 2.34. The van der Waals surface area contributed by atoms with Gasteiger partial charge in [-0.2, -0.15) is 0 Å². The van der Waals surface area contributed by atoms with Gasteiger partial charge in [-0.25, -0.2) is 4.79 Å². The highest BCUT2D eigenvalue weighted by Gasteiger charge is 2.38. The molecule has 0 bridgehead atoms. The fourth-order valence-corrected chi connectivity index (χ4v) is 2.88. The van der Waals surface area contributed by atoms with E-state index in [1.54, 1.807) is 0 Å². The summed E-state index contributed by atoms with van der Waals surface area (Å²) >= 11 is 0. The molecule has 0 aliphatic carbocycles. The third-order valence-electron chi connectivity index (χ3n) is 4.28. The third-order valence-corrected chi connectivity index (χ3v) is 4.28. The number of carbonyl (C=O) groups is 1. The van der Waals surface area contributed by atoms with Crippen LogP contribution in [0, 0.1) is 0 Å². The Morgan fingerprint density at radius 3 is 2.70 bits per heavy atom. The molecule has 20 heavy (non-hydrogen) atoms. The Kier molecular flexibility index (Phi) is 4.38. The van der Waals surface area contributed by atoms with E-state index in [0.29, 0.717) is 6.04 Å². The van der Waals surface area contributed by atoms with Gasteiger partial charge in [0.05, 0.1) is 5.69 Å². The Morgan fingerprint density at radius 1 is 1.50 bits per heavy atom. The van der Waals surface area contributed by atoms with Gasteiger partial charge in [0.2, 0.25) is 0 Å². The molecule has 0 amide bonds. The van der Waals surface area contributed by atoms with E-state index in [1.165, 1.54) is 0 Å². The molecule has 112 valence electrons. The third kappa shape index (κ3) is 2.98. The predicted molar refractivity (Wildman–Crippen MR) is 80.1 cm³/mol. The van der Waals surface area contributed by atoms with Gasteiger partial charge < -0.3 is 19.5 Å². The van der Waals surface area contributed by atoms with Crippen LogP contribution in [0.2, 0.25) is 0 Å². The van der Waals surface area contributed by atoms with Crippen LogP contribution in [-0.4, -0.2) is 52.3 Å². The van der Waals surface area contributed by atoms with Crippen molar-refractivity contribution in [3.05, 3.63) is 18.5 Å². The first kappa shape index (κ1) is 14.9. The maximum Gasteiger partial charge on any atom is 0.326 e. The van der Waals surface area contributed by atoms with Gasteiger partial charge >= 0.3 is 5.97 Å². The maximum absolute atomic E-state index is 11.5. The molecular weight excluding hydrogens is 254 g/mol. The molecule has 5 heteroatoms. The topological polar surface area (TPSA) is 48.7 Å². The molecule has 2 heterocycles. The van der Waals surface area contributed by atoms with Crippen LogP contribution >= 0.6 is 0 Å². The fourth-order valence-electron chi connectivity index (χ4n) is 2.88. The zero-order chi connectivity index (χ0) is 14.9. The van der Waals surface area contributed by atoms with Gasteiger partial charge in [0.15, 0.2) is 0 Å². The van der Waals surface area contributed by atoms with E-state index in [1.807, 2.05) is 30.1 Å². The quantitative estimate of drug-likeness (QED) is 0.892. The molecular formula is C15H25N3O2. The Hall–Kier alpha value is -1.49. The standard InChI is InChI=1S/C15H25N3O2/c1-11(2)17(4)10-12-5-6-14(15(19)20)18(12)13-7-8-16(3)9-13/h7-9,11-12,14H,5-6,10H2,1-4H3,(H,19,20)/t12-,14+/m1/s1. The summed E-state index contributed by atoms with van der Waals surface area (Å²) in [4.78, 5) is 15.9. The van der Waals surface area contributed by atoms with Crippen LogP contribution in [0.1, 0.15) is 26.7 Å². The average Bonchev–Trinajstić information content (AvgIpc) is 2.95. The van der Waals surface area contributed by atoms with Crippen molar-refractivity contribution in [3.63, 3.8) is 0 Å². The number of carboxylic acid groups (broad SMARTS) is 1. The highest BCUT2D eigenvalue weighted by Crippen LogP contribution is 2.31. The number of likely N-dealkylation sites (N-methyl/N-ethyl adjacent to an activating group) is 1. The molecule has 1 aromatic rings. The summed E-state index contributed by atoms with van der Waals surface area (Å²) in [6.45, 7) is 5.23. The smallest absolute Gasteiger partial charge is 0.326 e. The molecule has 5 nitrogen and oxygen atoms in total. The van der Waals surface area contributed by atoms with Gasteiger partial charge in [-0.1, -0.05) is 0 Å². The van der Waals surface area contributed by atoms with Crippen molar-refractivity contribution in [2.24, 2.45) is 7.05 Å². The number of anilines is 1. The molecule has 1 fully saturated rings. The normalized spacial score (nSPS) is 23.0. The molecule has 1 saturated heterocycles. The lowest BCUT2D eigenvalue weighted by Gasteiger charge is -2.33. The second-order valence-electron chi connectivity index (χ2n) is 6.06. The molecule has 1 aliphatic rings. The average molecular weight is 279 g/mol. The molecule has 1 aromatic heterocycles.